The van der Waals surface area contributed by atoms with Gasteiger partial charge in [0.1, 0.15) is 0 Å². The van der Waals surface area contributed by atoms with Crippen molar-refractivity contribution >= 4 is 10.1 Å². The molecule has 0 aliphatic rings. The SMILES string of the molecule is CCCC[C@@H](CCOS(C)(=O)=O)N(Cc1ccccc1)[C@@H](C)c1ccccc1. The van der Waals surface area contributed by atoms with Gasteiger partial charge in [-0.05, 0) is 30.9 Å². The highest BCUT2D eigenvalue weighted by atomic mass is 32.2. The second kappa shape index (κ2) is 11.3. The first-order chi connectivity index (χ1) is 13.4. The largest absolute Gasteiger partial charge is 0.289 e. The second-order valence-corrected chi connectivity index (χ2v) is 9.00. The molecule has 0 radical (unpaired) electrons. The van der Waals surface area contributed by atoms with Crippen LogP contribution in [-0.4, -0.2) is 32.2 Å². The van der Waals surface area contributed by atoms with Gasteiger partial charge in [0.05, 0.1) is 12.9 Å². The highest BCUT2D eigenvalue weighted by Crippen LogP contribution is 2.28. The minimum atomic E-state index is -3.42. The third-order valence-electron chi connectivity index (χ3n) is 5.10. The standard InChI is InChI=1S/C23H33NO3S/c1-4-5-16-23(17-18-27-28(3,25)26)24(19-21-12-8-6-9-13-21)20(2)22-14-10-7-11-15-22/h6-15,20,23H,4-5,16-19H2,1-3H3/t20-,23-/m0/s1. The lowest BCUT2D eigenvalue weighted by atomic mass is 9.98. The summed E-state index contributed by atoms with van der Waals surface area (Å²) >= 11 is 0. The van der Waals surface area contributed by atoms with Gasteiger partial charge >= 0.3 is 0 Å². The zero-order valence-corrected chi connectivity index (χ0v) is 18.1. The van der Waals surface area contributed by atoms with E-state index in [-0.39, 0.29) is 18.7 Å². The maximum absolute atomic E-state index is 11.4. The molecule has 0 amide bonds. The van der Waals surface area contributed by atoms with Gasteiger partial charge in [-0.3, -0.25) is 9.08 Å². The summed E-state index contributed by atoms with van der Waals surface area (Å²) in [6.45, 7) is 5.46. The van der Waals surface area contributed by atoms with Gasteiger partial charge in [0.2, 0.25) is 0 Å². The van der Waals surface area contributed by atoms with Crippen LogP contribution in [0.4, 0.5) is 0 Å². The van der Waals surface area contributed by atoms with Crippen molar-refractivity contribution in [1.29, 1.82) is 0 Å². The molecule has 0 spiro atoms. The van der Waals surface area contributed by atoms with E-state index < -0.39 is 10.1 Å². The lowest BCUT2D eigenvalue weighted by molar-refractivity contribution is 0.105. The van der Waals surface area contributed by atoms with Crippen LogP contribution in [-0.2, 0) is 20.8 Å². The van der Waals surface area contributed by atoms with Crippen molar-refractivity contribution < 1.29 is 12.6 Å². The van der Waals surface area contributed by atoms with Crippen molar-refractivity contribution in [2.24, 2.45) is 0 Å². The maximum Gasteiger partial charge on any atom is 0.264 e. The predicted octanol–water partition coefficient (Wildman–Crippen LogP) is 5.17. The van der Waals surface area contributed by atoms with E-state index in [0.717, 1.165) is 32.1 Å². The fourth-order valence-electron chi connectivity index (χ4n) is 3.55. The number of hydrogen-bond donors (Lipinski definition) is 0. The van der Waals surface area contributed by atoms with E-state index in [2.05, 4.69) is 67.3 Å². The normalized spacial score (nSPS) is 14.1. The van der Waals surface area contributed by atoms with Gasteiger partial charge in [0.25, 0.3) is 10.1 Å². The molecule has 2 atom stereocenters. The monoisotopic (exact) mass is 403 g/mol. The molecule has 154 valence electrons. The van der Waals surface area contributed by atoms with Crippen LogP contribution in [0.3, 0.4) is 0 Å². The van der Waals surface area contributed by atoms with E-state index in [1.165, 1.54) is 11.1 Å². The number of hydrogen-bond acceptors (Lipinski definition) is 4. The molecule has 0 saturated carbocycles. The Morgan fingerprint density at radius 2 is 1.57 bits per heavy atom. The third-order valence-corrected chi connectivity index (χ3v) is 5.69. The Bertz CT molecular complexity index is 778. The molecule has 2 aromatic rings. The Morgan fingerprint density at radius 1 is 0.964 bits per heavy atom. The highest BCUT2D eigenvalue weighted by Gasteiger charge is 2.25. The predicted molar refractivity (Wildman–Crippen MR) is 116 cm³/mol. The number of rotatable bonds is 12. The van der Waals surface area contributed by atoms with Crippen LogP contribution in [0.15, 0.2) is 60.7 Å². The first-order valence-corrected chi connectivity index (χ1v) is 11.9. The van der Waals surface area contributed by atoms with Gasteiger partial charge in [0, 0.05) is 18.6 Å². The molecule has 0 fully saturated rings. The summed E-state index contributed by atoms with van der Waals surface area (Å²) in [6.07, 6.45) is 5.05. The molecule has 4 nitrogen and oxygen atoms in total. The Morgan fingerprint density at radius 3 is 2.14 bits per heavy atom. The average Bonchev–Trinajstić information content (AvgIpc) is 2.69. The minimum absolute atomic E-state index is 0.222. The average molecular weight is 404 g/mol. The van der Waals surface area contributed by atoms with E-state index in [4.69, 9.17) is 4.18 Å². The number of benzene rings is 2. The van der Waals surface area contributed by atoms with Gasteiger partial charge in [-0.2, -0.15) is 8.42 Å². The number of unbranched alkanes of at least 4 members (excludes halogenated alkanes) is 1. The molecule has 0 unspecified atom stereocenters. The van der Waals surface area contributed by atoms with Gasteiger partial charge in [0.15, 0.2) is 0 Å². The Balaban J connectivity index is 2.25. The highest BCUT2D eigenvalue weighted by molar-refractivity contribution is 7.85. The van der Waals surface area contributed by atoms with Crippen LogP contribution in [0.2, 0.25) is 0 Å². The molecule has 0 bridgehead atoms. The van der Waals surface area contributed by atoms with Gasteiger partial charge in [-0.15, -0.1) is 0 Å². The van der Waals surface area contributed by atoms with Crippen LogP contribution in [0, 0.1) is 0 Å². The molecule has 0 aliphatic carbocycles. The Hall–Kier alpha value is -1.69. The first kappa shape index (κ1) is 22.6. The maximum atomic E-state index is 11.4. The molecule has 5 heteroatoms. The summed E-state index contributed by atoms with van der Waals surface area (Å²) < 4.78 is 27.9. The quantitative estimate of drug-likeness (QED) is 0.458. The molecule has 0 saturated heterocycles. The van der Waals surface area contributed by atoms with E-state index in [1.54, 1.807) is 0 Å². The van der Waals surface area contributed by atoms with Crippen molar-refractivity contribution in [3.05, 3.63) is 71.8 Å². The van der Waals surface area contributed by atoms with E-state index in [1.807, 2.05) is 12.1 Å². The molecule has 2 aromatic carbocycles. The van der Waals surface area contributed by atoms with Crippen LogP contribution in [0.25, 0.3) is 0 Å². The molecule has 28 heavy (non-hydrogen) atoms. The third kappa shape index (κ3) is 7.74. The topological polar surface area (TPSA) is 46.6 Å². The van der Waals surface area contributed by atoms with Gasteiger partial charge < -0.3 is 0 Å². The zero-order chi connectivity index (χ0) is 20.4. The fourth-order valence-corrected chi connectivity index (χ4v) is 3.95. The Kier molecular flexibility index (Phi) is 9.16. The lowest BCUT2D eigenvalue weighted by Crippen LogP contribution is -2.38. The molecular weight excluding hydrogens is 370 g/mol. The molecule has 0 aromatic heterocycles. The van der Waals surface area contributed by atoms with E-state index in [0.29, 0.717) is 6.42 Å². The summed E-state index contributed by atoms with van der Waals surface area (Å²) in [6, 6.07) is 21.4. The summed E-state index contributed by atoms with van der Waals surface area (Å²) in [4.78, 5) is 2.49. The minimum Gasteiger partial charge on any atom is -0.289 e. The van der Waals surface area contributed by atoms with Gasteiger partial charge in [-0.25, -0.2) is 0 Å². The molecule has 0 aliphatic heterocycles. The fraction of sp³-hybridized carbons (Fsp3) is 0.478. The van der Waals surface area contributed by atoms with Crippen molar-refractivity contribution in [3.63, 3.8) is 0 Å². The van der Waals surface area contributed by atoms with Crippen LogP contribution in [0.1, 0.15) is 56.7 Å². The van der Waals surface area contributed by atoms with Crippen LogP contribution >= 0.6 is 0 Å². The first-order valence-electron chi connectivity index (χ1n) is 10.1. The van der Waals surface area contributed by atoms with Gasteiger partial charge in [-0.1, -0.05) is 80.4 Å². The summed E-state index contributed by atoms with van der Waals surface area (Å²) in [5, 5.41) is 0. The van der Waals surface area contributed by atoms with Crippen LogP contribution in [0.5, 0.6) is 0 Å². The van der Waals surface area contributed by atoms with Crippen LogP contribution < -0.4 is 0 Å². The van der Waals surface area contributed by atoms with Crippen molar-refractivity contribution in [3.8, 4) is 0 Å². The van der Waals surface area contributed by atoms with Crippen molar-refractivity contribution in [1.82, 2.24) is 4.90 Å². The lowest BCUT2D eigenvalue weighted by Gasteiger charge is -2.37. The molecule has 2 rings (SSSR count). The smallest absolute Gasteiger partial charge is 0.264 e. The number of nitrogens with zero attached hydrogens (tertiary/aromatic N) is 1. The molecule has 0 heterocycles. The molecular formula is C23H33NO3S. The van der Waals surface area contributed by atoms with E-state index in [9.17, 15) is 8.42 Å². The summed E-state index contributed by atoms with van der Waals surface area (Å²) in [5.41, 5.74) is 2.53. The zero-order valence-electron chi connectivity index (χ0n) is 17.3. The van der Waals surface area contributed by atoms with Crippen molar-refractivity contribution in [2.45, 2.75) is 58.2 Å². The van der Waals surface area contributed by atoms with E-state index >= 15 is 0 Å². The van der Waals surface area contributed by atoms with Crippen molar-refractivity contribution in [2.75, 3.05) is 12.9 Å². The summed E-state index contributed by atoms with van der Waals surface area (Å²) in [7, 11) is -3.42. The second-order valence-electron chi connectivity index (χ2n) is 7.36. The Labute approximate surface area is 170 Å². The summed E-state index contributed by atoms with van der Waals surface area (Å²) in [5.74, 6) is 0. The molecule has 0 N–H and O–H groups in total.